The minimum absolute atomic E-state index is 0.492. The maximum absolute atomic E-state index is 6.14. The van der Waals surface area contributed by atoms with E-state index in [1.165, 1.54) is 12.8 Å². The molecule has 13 heavy (non-hydrogen) atoms. The lowest BCUT2D eigenvalue weighted by molar-refractivity contribution is 0.125. The maximum Gasteiger partial charge on any atom is 0.184 e. The van der Waals surface area contributed by atoms with Gasteiger partial charge >= 0.3 is 0 Å². The second kappa shape index (κ2) is 5.81. The predicted molar refractivity (Wildman–Crippen MR) is 62.6 cm³/mol. The molecule has 0 fully saturated rings. The van der Waals surface area contributed by atoms with Crippen LogP contribution in [0.25, 0.3) is 0 Å². The van der Waals surface area contributed by atoms with Gasteiger partial charge in [-0.2, -0.15) is 0 Å². The summed E-state index contributed by atoms with van der Waals surface area (Å²) >= 11 is 0. The standard InChI is InChI=1S/C11H26OSi/c1-7-9-10(3)11(8-2)12-13(4,5)6/h10-11H,7-9H2,1-6H3. The van der Waals surface area contributed by atoms with E-state index in [0.29, 0.717) is 6.10 Å². The van der Waals surface area contributed by atoms with Crippen LogP contribution in [0.15, 0.2) is 0 Å². The van der Waals surface area contributed by atoms with Crippen molar-refractivity contribution >= 4 is 8.32 Å². The lowest BCUT2D eigenvalue weighted by Gasteiger charge is -2.30. The van der Waals surface area contributed by atoms with E-state index in [1.54, 1.807) is 0 Å². The van der Waals surface area contributed by atoms with Crippen LogP contribution in [0.4, 0.5) is 0 Å². The summed E-state index contributed by atoms with van der Waals surface area (Å²) in [6.07, 6.45) is 4.22. The molecule has 0 N–H and O–H groups in total. The van der Waals surface area contributed by atoms with Crippen molar-refractivity contribution in [2.75, 3.05) is 0 Å². The van der Waals surface area contributed by atoms with Crippen molar-refractivity contribution in [3.05, 3.63) is 0 Å². The topological polar surface area (TPSA) is 9.23 Å². The van der Waals surface area contributed by atoms with Crippen molar-refractivity contribution in [2.24, 2.45) is 5.92 Å². The van der Waals surface area contributed by atoms with Crippen LogP contribution in [0, 0.1) is 5.92 Å². The number of hydrogen-bond acceptors (Lipinski definition) is 1. The first-order valence-electron chi connectivity index (χ1n) is 5.58. The van der Waals surface area contributed by atoms with Gasteiger partial charge in [0.2, 0.25) is 0 Å². The van der Waals surface area contributed by atoms with E-state index in [2.05, 4.69) is 40.4 Å². The van der Waals surface area contributed by atoms with Crippen LogP contribution >= 0.6 is 0 Å². The van der Waals surface area contributed by atoms with E-state index >= 15 is 0 Å². The summed E-state index contributed by atoms with van der Waals surface area (Å²) in [7, 11) is -1.33. The lowest BCUT2D eigenvalue weighted by Crippen LogP contribution is -2.35. The monoisotopic (exact) mass is 202 g/mol. The van der Waals surface area contributed by atoms with E-state index in [-0.39, 0.29) is 0 Å². The van der Waals surface area contributed by atoms with Crippen molar-refractivity contribution < 1.29 is 4.43 Å². The van der Waals surface area contributed by atoms with Gasteiger partial charge in [0, 0.05) is 6.10 Å². The van der Waals surface area contributed by atoms with E-state index in [9.17, 15) is 0 Å². The SMILES string of the molecule is CCCC(C)C(CC)O[Si](C)(C)C. The normalized spacial score (nSPS) is 17.1. The van der Waals surface area contributed by atoms with Crippen molar-refractivity contribution in [2.45, 2.75) is 65.8 Å². The molecule has 2 heteroatoms. The van der Waals surface area contributed by atoms with E-state index in [1.807, 2.05) is 0 Å². The van der Waals surface area contributed by atoms with Gasteiger partial charge in [0.1, 0.15) is 0 Å². The first-order valence-corrected chi connectivity index (χ1v) is 8.99. The fraction of sp³-hybridized carbons (Fsp3) is 1.00. The molecule has 80 valence electrons. The van der Waals surface area contributed by atoms with Crippen LogP contribution in [0.2, 0.25) is 19.6 Å². The van der Waals surface area contributed by atoms with Crippen LogP contribution in [-0.4, -0.2) is 14.4 Å². The maximum atomic E-state index is 6.14. The minimum atomic E-state index is -1.33. The summed E-state index contributed by atoms with van der Waals surface area (Å²) in [5, 5.41) is 0. The highest BCUT2D eigenvalue weighted by atomic mass is 28.4. The van der Waals surface area contributed by atoms with Gasteiger partial charge in [0.25, 0.3) is 0 Å². The second-order valence-corrected chi connectivity index (χ2v) is 9.40. The van der Waals surface area contributed by atoms with Crippen LogP contribution in [0.5, 0.6) is 0 Å². The molecule has 0 aromatic carbocycles. The highest BCUT2D eigenvalue weighted by Crippen LogP contribution is 2.20. The third-order valence-electron chi connectivity index (χ3n) is 2.29. The zero-order chi connectivity index (χ0) is 10.5. The summed E-state index contributed by atoms with van der Waals surface area (Å²) in [5.74, 6) is 0.724. The van der Waals surface area contributed by atoms with Gasteiger partial charge in [-0.05, 0) is 38.4 Å². The van der Waals surface area contributed by atoms with Crippen molar-refractivity contribution in [3.8, 4) is 0 Å². The summed E-state index contributed by atoms with van der Waals surface area (Å²) in [4.78, 5) is 0. The van der Waals surface area contributed by atoms with Crippen molar-refractivity contribution in [1.29, 1.82) is 0 Å². The molecule has 0 aliphatic carbocycles. The predicted octanol–water partition coefficient (Wildman–Crippen LogP) is 4.05. The molecule has 0 spiro atoms. The van der Waals surface area contributed by atoms with Crippen molar-refractivity contribution in [1.82, 2.24) is 0 Å². The first kappa shape index (κ1) is 13.2. The Morgan fingerprint density at radius 3 is 2.00 bits per heavy atom. The highest BCUT2D eigenvalue weighted by molar-refractivity contribution is 6.69. The van der Waals surface area contributed by atoms with Gasteiger partial charge in [0.05, 0.1) is 0 Å². The van der Waals surface area contributed by atoms with Crippen LogP contribution in [0.3, 0.4) is 0 Å². The molecule has 1 nitrogen and oxygen atoms in total. The average molecular weight is 202 g/mol. The fourth-order valence-electron chi connectivity index (χ4n) is 1.70. The first-order chi connectivity index (χ1) is 5.90. The molecule has 2 atom stereocenters. The Morgan fingerprint density at radius 2 is 1.69 bits per heavy atom. The minimum Gasteiger partial charge on any atom is -0.414 e. The molecule has 0 bridgehead atoms. The molecule has 0 amide bonds. The number of rotatable bonds is 6. The molecular weight excluding hydrogens is 176 g/mol. The Labute approximate surface area is 85.0 Å². The summed E-state index contributed by atoms with van der Waals surface area (Å²) in [6.45, 7) is 13.6. The Morgan fingerprint density at radius 1 is 1.15 bits per heavy atom. The van der Waals surface area contributed by atoms with Gasteiger partial charge in [-0.1, -0.05) is 27.2 Å². The zero-order valence-electron chi connectivity index (χ0n) is 10.2. The molecule has 0 saturated carbocycles. The summed E-state index contributed by atoms with van der Waals surface area (Å²) in [6, 6.07) is 0. The quantitative estimate of drug-likeness (QED) is 0.590. The molecule has 0 aromatic heterocycles. The average Bonchev–Trinajstić information content (AvgIpc) is 1.99. The Hall–Kier alpha value is 0.177. The molecule has 0 aliphatic rings. The smallest absolute Gasteiger partial charge is 0.184 e. The highest BCUT2D eigenvalue weighted by Gasteiger charge is 2.23. The van der Waals surface area contributed by atoms with Gasteiger partial charge in [-0.3, -0.25) is 0 Å². The molecule has 0 radical (unpaired) electrons. The zero-order valence-corrected chi connectivity index (χ0v) is 11.2. The Kier molecular flexibility index (Phi) is 5.89. The van der Waals surface area contributed by atoms with Crippen LogP contribution in [0.1, 0.15) is 40.0 Å². The molecular formula is C11H26OSi. The van der Waals surface area contributed by atoms with Gasteiger partial charge < -0.3 is 4.43 Å². The Bertz CT molecular complexity index is 129. The fourth-order valence-corrected chi connectivity index (χ4v) is 3.00. The molecule has 0 aliphatic heterocycles. The Balaban J connectivity index is 4.01. The van der Waals surface area contributed by atoms with Gasteiger partial charge in [-0.15, -0.1) is 0 Å². The molecule has 0 heterocycles. The molecule has 0 aromatic rings. The lowest BCUT2D eigenvalue weighted by atomic mass is 9.98. The third-order valence-corrected chi connectivity index (χ3v) is 3.30. The van der Waals surface area contributed by atoms with Gasteiger partial charge in [0.15, 0.2) is 8.32 Å². The number of hydrogen-bond donors (Lipinski definition) is 0. The molecule has 0 rings (SSSR count). The third kappa shape index (κ3) is 6.27. The van der Waals surface area contributed by atoms with Crippen molar-refractivity contribution in [3.63, 3.8) is 0 Å². The summed E-state index contributed by atoms with van der Waals surface area (Å²) < 4.78 is 6.14. The van der Waals surface area contributed by atoms with E-state index in [4.69, 9.17) is 4.43 Å². The molecule has 0 saturated heterocycles. The molecule has 2 unspecified atom stereocenters. The van der Waals surface area contributed by atoms with E-state index in [0.717, 1.165) is 12.3 Å². The largest absolute Gasteiger partial charge is 0.414 e. The summed E-state index contributed by atoms with van der Waals surface area (Å²) in [5.41, 5.74) is 0. The van der Waals surface area contributed by atoms with Crippen LogP contribution in [-0.2, 0) is 4.43 Å². The van der Waals surface area contributed by atoms with Gasteiger partial charge in [-0.25, -0.2) is 0 Å². The van der Waals surface area contributed by atoms with E-state index < -0.39 is 8.32 Å². The van der Waals surface area contributed by atoms with Crippen LogP contribution < -0.4 is 0 Å². The second-order valence-electron chi connectivity index (χ2n) is 4.94.